The number of aromatic hydroxyl groups is 1. The molecule has 0 amide bonds. The van der Waals surface area contributed by atoms with Crippen LogP contribution in [0.15, 0.2) is 18.2 Å². The van der Waals surface area contributed by atoms with Crippen LogP contribution in [0.4, 0.5) is 0 Å². The molecule has 0 spiro atoms. The van der Waals surface area contributed by atoms with Gasteiger partial charge in [0, 0.05) is 17.6 Å². The molecule has 0 bridgehead atoms. The first-order valence-electron chi connectivity index (χ1n) is 5.32. The first kappa shape index (κ1) is 12.8. The van der Waals surface area contributed by atoms with E-state index < -0.39 is 0 Å². The Morgan fingerprint density at radius 3 is 2.62 bits per heavy atom. The zero-order valence-electron chi connectivity index (χ0n) is 9.90. The number of ether oxygens (including phenoxy) is 1. The minimum absolute atomic E-state index is 0.0133. The number of nitrogens with one attached hydrogen (secondary N) is 1. The standard InChI is InChI=1S/C12H19NO3/c1-8(7-14)13-9(2)11-6-10(16-3)4-5-12(11)15/h4-6,8-9,13-15H,7H2,1-3H3. The van der Waals surface area contributed by atoms with Crippen LogP contribution in [0.1, 0.15) is 25.5 Å². The van der Waals surface area contributed by atoms with E-state index in [1.807, 2.05) is 13.8 Å². The van der Waals surface area contributed by atoms with Crippen molar-refractivity contribution in [1.29, 1.82) is 0 Å². The Bertz CT molecular complexity index is 341. The quantitative estimate of drug-likeness (QED) is 0.709. The van der Waals surface area contributed by atoms with Crippen LogP contribution in [0.3, 0.4) is 0 Å². The van der Waals surface area contributed by atoms with E-state index in [9.17, 15) is 5.11 Å². The van der Waals surface area contributed by atoms with Crippen molar-refractivity contribution in [3.8, 4) is 11.5 Å². The lowest BCUT2D eigenvalue weighted by Gasteiger charge is -2.20. The van der Waals surface area contributed by atoms with Crippen molar-refractivity contribution in [1.82, 2.24) is 5.32 Å². The second-order valence-electron chi connectivity index (χ2n) is 3.90. The van der Waals surface area contributed by atoms with Gasteiger partial charge in [-0.25, -0.2) is 0 Å². The van der Waals surface area contributed by atoms with E-state index in [1.54, 1.807) is 25.3 Å². The van der Waals surface area contributed by atoms with Crippen molar-refractivity contribution in [3.63, 3.8) is 0 Å². The van der Waals surface area contributed by atoms with Crippen molar-refractivity contribution in [2.75, 3.05) is 13.7 Å². The smallest absolute Gasteiger partial charge is 0.120 e. The monoisotopic (exact) mass is 225 g/mol. The van der Waals surface area contributed by atoms with Gasteiger partial charge in [0.2, 0.25) is 0 Å². The van der Waals surface area contributed by atoms with Gasteiger partial charge < -0.3 is 20.3 Å². The molecule has 0 aliphatic heterocycles. The maximum Gasteiger partial charge on any atom is 0.120 e. The van der Waals surface area contributed by atoms with Crippen LogP contribution in [0, 0.1) is 0 Å². The van der Waals surface area contributed by atoms with E-state index in [2.05, 4.69) is 5.32 Å². The van der Waals surface area contributed by atoms with E-state index >= 15 is 0 Å². The molecule has 0 saturated carbocycles. The van der Waals surface area contributed by atoms with Gasteiger partial charge in [-0.1, -0.05) is 0 Å². The molecule has 0 saturated heterocycles. The molecular weight excluding hydrogens is 206 g/mol. The van der Waals surface area contributed by atoms with E-state index in [-0.39, 0.29) is 24.4 Å². The second kappa shape index (κ2) is 5.72. The highest BCUT2D eigenvalue weighted by molar-refractivity contribution is 5.41. The average Bonchev–Trinajstić information content (AvgIpc) is 2.29. The molecule has 1 aromatic carbocycles. The Hall–Kier alpha value is -1.26. The minimum atomic E-state index is -0.0442. The van der Waals surface area contributed by atoms with Gasteiger partial charge >= 0.3 is 0 Å². The van der Waals surface area contributed by atoms with E-state index in [0.29, 0.717) is 5.75 Å². The molecule has 2 atom stereocenters. The highest BCUT2D eigenvalue weighted by Gasteiger charge is 2.13. The fourth-order valence-electron chi connectivity index (χ4n) is 1.58. The molecule has 4 heteroatoms. The summed E-state index contributed by atoms with van der Waals surface area (Å²) in [6, 6.07) is 5.05. The summed E-state index contributed by atoms with van der Waals surface area (Å²) in [6.45, 7) is 3.88. The van der Waals surface area contributed by atoms with Crippen molar-refractivity contribution < 1.29 is 14.9 Å². The fraction of sp³-hybridized carbons (Fsp3) is 0.500. The molecule has 0 aliphatic rings. The first-order chi connectivity index (χ1) is 7.58. The summed E-state index contributed by atoms with van der Waals surface area (Å²) in [6.07, 6.45) is 0. The molecule has 1 aromatic rings. The Labute approximate surface area is 95.9 Å². The molecule has 0 heterocycles. The van der Waals surface area contributed by atoms with Crippen LogP contribution in [-0.4, -0.2) is 30.0 Å². The number of rotatable bonds is 5. The number of phenolic OH excluding ortho intramolecular Hbond substituents is 1. The van der Waals surface area contributed by atoms with Gasteiger partial charge in [0.1, 0.15) is 11.5 Å². The fourth-order valence-corrected chi connectivity index (χ4v) is 1.58. The van der Waals surface area contributed by atoms with Crippen molar-refractivity contribution >= 4 is 0 Å². The zero-order valence-corrected chi connectivity index (χ0v) is 9.90. The van der Waals surface area contributed by atoms with Gasteiger partial charge in [0.15, 0.2) is 0 Å². The average molecular weight is 225 g/mol. The number of hydrogen-bond donors (Lipinski definition) is 3. The molecule has 0 radical (unpaired) electrons. The van der Waals surface area contributed by atoms with Gasteiger partial charge in [0.05, 0.1) is 13.7 Å². The maximum atomic E-state index is 9.73. The maximum absolute atomic E-state index is 9.73. The summed E-state index contributed by atoms with van der Waals surface area (Å²) in [5, 5.41) is 21.9. The Kier molecular flexibility index (Phi) is 4.58. The highest BCUT2D eigenvalue weighted by Crippen LogP contribution is 2.28. The van der Waals surface area contributed by atoms with Gasteiger partial charge in [0.25, 0.3) is 0 Å². The summed E-state index contributed by atoms with van der Waals surface area (Å²) >= 11 is 0. The number of benzene rings is 1. The van der Waals surface area contributed by atoms with Crippen LogP contribution in [-0.2, 0) is 0 Å². The normalized spacial score (nSPS) is 14.5. The molecule has 0 fully saturated rings. The Balaban J connectivity index is 2.84. The predicted molar refractivity (Wildman–Crippen MR) is 62.8 cm³/mol. The first-order valence-corrected chi connectivity index (χ1v) is 5.32. The van der Waals surface area contributed by atoms with Crippen LogP contribution >= 0.6 is 0 Å². The SMILES string of the molecule is COc1ccc(O)c(C(C)NC(C)CO)c1. The molecule has 4 nitrogen and oxygen atoms in total. The second-order valence-corrected chi connectivity index (χ2v) is 3.90. The summed E-state index contributed by atoms with van der Waals surface area (Å²) in [7, 11) is 1.59. The third-order valence-corrected chi connectivity index (χ3v) is 2.51. The van der Waals surface area contributed by atoms with E-state index in [4.69, 9.17) is 9.84 Å². The van der Waals surface area contributed by atoms with Gasteiger partial charge in [-0.3, -0.25) is 0 Å². The predicted octanol–water partition coefficient (Wildman–Crippen LogP) is 1.43. The molecule has 0 aromatic heterocycles. The number of hydrogen-bond acceptors (Lipinski definition) is 4. The Morgan fingerprint density at radius 1 is 1.38 bits per heavy atom. The molecular formula is C12H19NO3. The van der Waals surface area contributed by atoms with Crippen LogP contribution in [0.2, 0.25) is 0 Å². The molecule has 2 unspecified atom stereocenters. The van der Waals surface area contributed by atoms with Crippen molar-refractivity contribution in [3.05, 3.63) is 23.8 Å². The molecule has 16 heavy (non-hydrogen) atoms. The highest BCUT2D eigenvalue weighted by atomic mass is 16.5. The third-order valence-electron chi connectivity index (χ3n) is 2.51. The van der Waals surface area contributed by atoms with Crippen molar-refractivity contribution in [2.24, 2.45) is 0 Å². The third kappa shape index (κ3) is 3.12. The van der Waals surface area contributed by atoms with Crippen molar-refractivity contribution in [2.45, 2.75) is 25.9 Å². The largest absolute Gasteiger partial charge is 0.508 e. The topological polar surface area (TPSA) is 61.7 Å². The lowest BCUT2D eigenvalue weighted by atomic mass is 10.1. The summed E-state index contributed by atoms with van der Waals surface area (Å²) < 4.78 is 5.10. The van der Waals surface area contributed by atoms with Gasteiger partial charge in [-0.15, -0.1) is 0 Å². The number of aliphatic hydroxyl groups is 1. The number of phenols is 1. The molecule has 3 N–H and O–H groups in total. The van der Waals surface area contributed by atoms with Crippen LogP contribution in [0.5, 0.6) is 11.5 Å². The van der Waals surface area contributed by atoms with E-state index in [0.717, 1.165) is 5.56 Å². The van der Waals surface area contributed by atoms with Crippen LogP contribution < -0.4 is 10.1 Å². The lowest BCUT2D eigenvalue weighted by molar-refractivity contribution is 0.242. The Morgan fingerprint density at radius 2 is 2.06 bits per heavy atom. The minimum Gasteiger partial charge on any atom is -0.508 e. The number of aliphatic hydroxyl groups excluding tert-OH is 1. The number of methoxy groups -OCH3 is 1. The summed E-state index contributed by atoms with van der Waals surface area (Å²) in [5.41, 5.74) is 0.764. The summed E-state index contributed by atoms with van der Waals surface area (Å²) in [4.78, 5) is 0. The molecule has 1 rings (SSSR count). The molecule has 0 aliphatic carbocycles. The van der Waals surface area contributed by atoms with Gasteiger partial charge in [-0.05, 0) is 32.0 Å². The summed E-state index contributed by atoms with van der Waals surface area (Å²) in [5.74, 6) is 0.934. The van der Waals surface area contributed by atoms with Gasteiger partial charge in [-0.2, -0.15) is 0 Å². The van der Waals surface area contributed by atoms with Crippen LogP contribution in [0.25, 0.3) is 0 Å². The molecule has 90 valence electrons. The zero-order chi connectivity index (χ0) is 12.1. The lowest BCUT2D eigenvalue weighted by Crippen LogP contribution is -2.31. The van der Waals surface area contributed by atoms with E-state index in [1.165, 1.54) is 0 Å².